The number of benzene rings is 2. The first-order valence-corrected chi connectivity index (χ1v) is 8.00. The molecule has 26 heavy (non-hydrogen) atoms. The number of nitro benzene ring substituents is 1. The summed E-state index contributed by atoms with van der Waals surface area (Å²) in [6.07, 6.45) is -0.0245. The molecule has 1 atom stereocenters. The number of halogens is 2. The average Bonchev–Trinajstić information content (AvgIpc) is 2.53. The molecular formula is C16H13Cl2N3O5. The molecule has 0 aliphatic carbocycles. The first kappa shape index (κ1) is 19.5. The van der Waals surface area contributed by atoms with Gasteiger partial charge in [0.2, 0.25) is 0 Å². The molecule has 0 saturated heterocycles. The van der Waals surface area contributed by atoms with E-state index in [2.05, 4.69) is 10.6 Å². The summed E-state index contributed by atoms with van der Waals surface area (Å²) < 4.78 is 0. The van der Waals surface area contributed by atoms with Crippen molar-refractivity contribution in [2.45, 2.75) is 12.5 Å². The van der Waals surface area contributed by atoms with Gasteiger partial charge in [-0.25, -0.2) is 9.59 Å². The zero-order valence-electron chi connectivity index (χ0n) is 13.1. The highest BCUT2D eigenvalue weighted by Gasteiger charge is 2.21. The molecule has 136 valence electrons. The van der Waals surface area contributed by atoms with Crippen molar-refractivity contribution in [1.82, 2.24) is 5.32 Å². The van der Waals surface area contributed by atoms with E-state index in [0.717, 1.165) is 0 Å². The number of urea groups is 1. The number of hydrogen-bond acceptors (Lipinski definition) is 4. The lowest BCUT2D eigenvalue weighted by molar-refractivity contribution is -0.384. The number of carbonyl (C=O) groups excluding carboxylic acids is 1. The average molecular weight is 398 g/mol. The summed E-state index contributed by atoms with van der Waals surface area (Å²) in [7, 11) is 0. The minimum Gasteiger partial charge on any atom is -0.480 e. The Morgan fingerprint density at radius 2 is 1.69 bits per heavy atom. The third-order valence-corrected chi connectivity index (χ3v) is 3.74. The second-order valence-corrected chi connectivity index (χ2v) is 6.15. The zero-order valence-corrected chi connectivity index (χ0v) is 14.6. The Morgan fingerprint density at radius 3 is 2.19 bits per heavy atom. The molecule has 10 heteroatoms. The molecule has 0 saturated carbocycles. The van der Waals surface area contributed by atoms with Gasteiger partial charge in [-0.3, -0.25) is 10.1 Å². The first-order chi connectivity index (χ1) is 12.2. The largest absolute Gasteiger partial charge is 0.480 e. The highest BCUT2D eigenvalue weighted by atomic mass is 35.5. The third kappa shape index (κ3) is 5.61. The van der Waals surface area contributed by atoms with Crippen LogP contribution in [0.15, 0.2) is 42.5 Å². The number of amides is 2. The van der Waals surface area contributed by atoms with Gasteiger partial charge in [0.05, 0.1) is 4.92 Å². The van der Waals surface area contributed by atoms with Gasteiger partial charge >= 0.3 is 12.0 Å². The van der Waals surface area contributed by atoms with E-state index in [1.165, 1.54) is 30.3 Å². The summed E-state index contributed by atoms with van der Waals surface area (Å²) in [6.45, 7) is 0. The second kappa shape index (κ2) is 8.50. The monoisotopic (exact) mass is 397 g/mol. The van der Waals surface area contributed by atoms with Crippen LogP contribution >= 0.6 is 23.2 Å². The van der Waals surface area contributed by atoms with Crippen LogP contribution in [-0.4, -0.2) is 28.1 Å². The molecule has 0 aliphatic rings. The van der Waals surface area contributed by atoms with Crippen molar-refractivity contribution in [3.8, 4) is 0 Å². The molecule has 1 unspecified atom stereocenters. The summed E-state index contributed by atoms with van der Waals surface area (Å²) in [5.74, 6) is -1.24. The smallest absolute Gasteiger partial charge is 0.326 e. The number of carboxylic acids is 1. The van der Waals surface area contributed by atoms with E-state index in [1.807, 2.05) is 0 Å². The van der Waals surface area contributed by atoms with E-state index >= 15 is 0 Å². The van der Waals surface area contributed by atoms with Gasteiger partial charge in [0.1, 0.15) is 6.04 Å². The third-order valence-electron chi connectivity index (χ3n) is 3.30. The van der Waals surface area contributed by atoms with Crippen LogP contribution < -0.4 is 10.6 Å². The molecule has 0 spiro atoms. The molecule has 2 rings (SSSR count). The lowest BCUT2D eigenvalue weighted by Crippen LogP contribution is -2.44. The quantitative estimate of drug-likeness (QED) is 0.506. The van der Waals surface area contributed by atoms with Crippen LogP contribution in [-0.2, 0) is 11.2 Å². The van der Waals surface area contributed by atoms with E-state index in [0.29, 0.717) is 15.6 Å². The molecule has 0 bridgehead atoms. The van der Waals surface area contributed by atoms with Crippen molar-refractivity contribution in [2.24, 2.45) is 0 Å². The number of hydrogen-bond donors (Lipinski definition) is 3. The maximum Gasteiger partial charge on any atom is 0.326 e. The van der Waals surface area contributed by atoms with Crippen LogP contribution in [0.1, 0.15) is 5.56 Å². The fourth-order valence-corrected chi connectivity index (χ4v) is 2.73. The van der Waals surface area contributed by atoms with E-state index in [1.54, 1.807) is 12.1 Å². The summed E-state index contributed by atoms with van der Waals surface area (Å²) in [5.41, 5.74) is 0.700. The minimum atomic E-state index is -1.24. The van der Waals surface area contributed by atoms with Crippen LogP contribution in [0.25, 0.3) is 0 Å². The Hall–Kier alpha value is -2.84. The standard InChI is InChI=1S/C16H13Cl2N3O5/c17-10-5-9(6-11(18)8-10)7-14(15(22)23)20-16(24)19-12-1-3-13(4-2-12)21(25)26/h1-6,8,14H,7H2,(H,22,23)(H2,19,20,24). The Morgan fingerprint density at radius 1 is 1.12 bits per heavy atom. The first-order valence-electron chi connectivity index (χ1n) is 7.24. The van der Waals surface area contributed by atoms with Gasteiger partial charge in [0.15, 0.2) is 0 Å². The summed E-state index contributed by atoms with van der Waals surface area (Å²) in [5, 5.41) is 25.3. The molecule has 0 heterocycles. The molecule has 0 radical (unpaired) electrons. The Labute approximate surface area is 157 Å². The van der Waals surface area contributed by atoms with Crippen molar-refractivity contribution >= 4 is 46.6 Å². The highest BCUT2D eigenvalue weighted by molar-refractivity contribution is 6.34. The maximum absolute atomic E-state index is 12.0. The molecule has 2 aromatic rings. The van der Waals surface area contributed by atoms with E-state index in [-0.39, 0.29) is 17.8 Å². The summed E-state index contributed by atoms with van der Waals surface area (Å²) in [6, 6.07) is 7.75. The van der Waals surface area contributed by atoms with Crippen LogP contribution in [0.2, 0.25) is 10.0 Å². The van der Waals surface area contributed by atoms with Crippen LogP contribution in [0.4, 0.5) is 16.2 Å². The minimum absolute atomic E-state index is 0.0245. The van der Waals surface area contributed by atoms with Crippen LogP contribution in [0.3, 0.4) is 0 Å². The lowest BCUT2D eigenvalue weighted by atomic mass is 10.1. The van der Waals surface area contributed by atoms with E-state index in [9.17, 15) is 24.8 Å². The van der Waals surface area contributed by atoms with Gasteiger partial charge in [-0.2, -0.15) is 0 Å². The van der Waals surface area contributed by atoms with Crippen molar-refractivity contribution in [1.29, 1.82) is 0 Å². The molecule has 8 nitrogen and oxygen atoms in total. The summed E-state index contributed by atoms with van der Waals surface area (Å²) in [4.78, 5) is 33.4. The van der Waals surface area contributed by atoms with Crippen molar-refractivity contribution < 1.29 is 19.6 Å². The van der Waals surface area contributed by atoms with Crippen molar-refractivity contribution in [3.05, 3.63) is 68.2 Å². The Kier molecular flexibility index (Phi) is 6.37. The van der Waals surface area contributed by atoms with Crippen LogP contribution in [0.5, 0.6) is 0 Å². The number of aliphatic carboxylic acids is 1. The van der Waals surface area contributed by atoms with Gasteiger partial charge in [-0.15, -0.1) is 0 Å². The Bertz CT molecular complexity index is 822. The number of nitrogens with one attached hydrogen (secondary N) is 2. The summed E-state index contributed by atoms with van der Waals surface area (Å²) >= 11 is 11.8. The lowest BCUT2D eigenvalue weighted by Gasteiger charge is -2.15. The van der Waals surface area contributed by atoms with Crippen molar-refractivity contribution in [2.75, 3.05) is 5.32 Å². The SMILES string of the molecule is O=C(Nc1ccc([N+](=O)[O-])cc1)NC(Cc1cc(Cl)cc(Cl)c1)C(=O)O. The van der Waals surface area contributed by atoms with Gasteiger partial charge in [-0.05, 0) is 35.9 Å². The number of nitro groups is 1. The topological polar surface area (TPSA) is 122 Å². The van der Waals surface area contributed by atoms with E-state index < -0.39 is 23.0 Å². The van der Waals surface area contributed by atoms with Gasteiger partial charge in [0, 0.05) is 34.3 Å². The zero-order chi connectivity index (χ0) is 19.3. The number of rotatable bonds is 6. The molecular weight excluding hydrogens is 385 g/mol. The predicted molar refractivity (Wildman–Crippen MR) is 96.8 cm³/mol. The molecule has 0 fully saturated rings. The van der Waals surface area contributed by atoms with Gasteiger partial charge in [0.25, 0.3) is 5.69 Å². The Balaban J connectivity index is 2.03. The second-order valence-electron chi connectivity index (χ2n) is 5.28. The maximum atomic E-state index is 12.0. The molecule has 0 aliphatic heterocycles. The number of nitrogens with zero attached hydrogens (tertiary/aromatic N) is 1. The molecule has 2 amide bonds. The number of anilines is 1. The molecule has 0 aromatic heterocycles. The van der Waals surface area contributed by atoms with Crippen molar-refractivity contribution in [3.63, 3.8) is 0 Å². The van der Waals surface area contributed by atoms with E-state index in [4.69, 9.17) is 23.2 Å². The number of non-ortho nitro benzene ring substituents is 1. The molecule has 2 aromatic carbocycles. The van der Waals surface area contributed by atoms with Crippen LogP contribution in [0, 0.1) is 10.1 Å². The fraction of sp³-hybridized carbons (Fsp3) is 0.125. The highest BCUT2D eigenvalue weighted by Crippen LogP contribution is 2.20. The van der Waals surface area contributed by atoms with Gasteiger partial charge < -0.3 is 15.7 Å². The number of carbonyl (C=O) groups is 2. The van der Waals surface area contributed by atoms with Gasteiger partial charge in [-0.1, -0.05) is 23.2 Å². The predicted octanol–water partition coefficient (Wildman–Crippen LogP) is 3.72. The fourth-order valence-electron chi connectivity index (χ4n) is 2.16. The normalized spacial score (nSPS) is 11.5. The molecule has 3 N–H and O–H groups in total. The number of carboxylic acid groups (broad SMARTS) is 1.